The van der Waals surface area contributed by atoms with Gasteiger partial charge in [0.2, 0.25) is 0 Å². The first kappa shape index (κ1) is 17.0. The topological polar surface area (TPSA) is 64.6 Å². The number of fused-ring (bicyclic) bond motifs is 1. The summed E-state index contributed by atoms with van der Waals surface area (Å²) in [5, 5.41) is 3.32. The van der Waals surface area contributed by atoms with Crippen molar-refractivity contribution in [3.63, 3.8) is 0 Å². The van der Waals surface area contributed by atoms with Crippen LogP contribution < -0.4 is 14.8 Å². The largest absolute Gasteiger partial charge is 0.497 e. The van der Waals surface area contributed by atoms with Crippen LogP contribution in [-0.2, 0) is 0 Å². The van der Waals surface area contributed by atoms with Crippen molar-refractivity contribution in [3.05, 3.63) is 58.5 Å². The van der Waals surface area contributed by atoms with E-state index in [1.807, 2.05) is 31.2 Å². The summed E-state index contributed by atoms with van der Waals surface area (Å²) in [6, 6.07) is 12.6. The first-order valence-electron chi connectivity index (χ1n) is 7.59. The van der Waals surface area contributed by atoms with Crippen LogP contribution in [0.25, 0.3) is 10.1 Å². The molecule has 0 saturated carbocycles. The van der Waals surface area contributed by atoms with Gasteiger partial charge in [-0.2, -0.15) is 0 Å². The van der Waals surface area contributed by atoms with Crippen molar-refractivity contribution in [1.29, 1.82) is 0 Å². The molecule has 0 unspecified atom stereocenters. The Morgan fingerprint density at radius 3 is 2.48 bits per heavy atom. The molecule has 2 amide bonds. The van der Waals surface area contributed by atoms with Gasteiger partial charge in [-0.05, 0) is 48.7 Å². The number of amides is 2. The highest BCUT2D eigenvalue weighted by molar-refractivity contribution is 7.20. The van der Waals surface area contributed by atoms with Crippen molar-refractivity contribution in [2.75, 3.05) is 14.2 Å². The number of carbonyl (C=O) groups is 2. The average molecular weight is 355 g/mol. The molecule has 0 aliphatic heterocycles. The molecule has 3 aromatic rings. The van der Waals surface area contributed by atoms with Gasteiger partial charge in [0.1, 0.15) is 11.5 Å². The van der Waals surface area contributed by atoms with Crippen molar-refractivity contribution < 1.29 is 19.1 Å². The van der Waals surface area contributed by atoms with Crippen LogP contribution >= 0.6 is 11.3 Å². The maximum atomic E-state index is 12.4. The molecule has 25 heavy (non-hydrogen) atoms. The molecule has 3 rings (SSSR count). The molecule has 0 aliphatic rings. The monoisotopic (exact) mass is 355 g/mol. The fraction of sp³-hybridized carbons (Fsp3) is 0.158. The van der Waals surface area contributed by atoms with E-state index in [9.17, 15) is 9.59 Å². The Bertz CT molecular complexity index is 961. The summed E-state index contributed by atoms with van der Waals surface area (Å²) in [6.07, 6.45) is 0. The van der Waals surface area contributed by atoms with Crippen LogP contribution in [0.5, 0.6) is 11.5 Å². The number of aryl methyl sites for hydroxylation is 1. The summed E-state index contributed by atoms with van der Waals surface area (Å²) in [5.74, 6) is 0.226. The molecule has 0 spiro atoms. The fourth-order valence-corrected chi connectivity index (χ4v) is 3.43. The molecule has 1 heterocycles. The van der Waals surface area contributed by atoms with Gasteiger partial charge in [0, 0.05) is 4.70 Å². The average Bonchev–Trinajstić information content (AvgIpc) is 3.04. The van der Waals surface area contributed by atoms with E-state index in [1.54, 1.807) is 25.3 Å². The van der Waals surface area contributed by atoms with Crippen LogP contribution in [-0.4, -0.2) is 26.0 Å². The SMILES string of the molecule is COc1ccc2sc(C(=O)NC(=O)c3cc(C)ccc3OC)cc2c1. The maximum absolute atomic E-state index is 12.4. The standard InChI is InChI=1S/C19H17NO4S/c1-11-4-6-15(24-3)14(8-11)18(21)20-19(22)17-10-12-9-13(23-2)5-7-16(12)25-17/h4-10H,1-3H3,(H,20,21,22). The van der Waals surface area contributed by atoms with Crippen LogP contribution in [0.15, 0.2) is 42.5 Å². The second kappa shape index (κ2) is 6.94. The van der Waals surface area contributed by atoms with Gasteiger partial charge in [0.05, 0.1) is 24.7 Å². The van der Waals surface area contributed by atoms with E-state index in [-0.39, 0.29) is 0 Å². The molecule has 6 heteroatoms. The molecule has 1 aromatic heterocycles. The van der Waals surface area contributed by atoms with Crippen molar-refractivity contribution in [1.82, 2.24) is 5.32 Å². The summed E-state index contributed by atoms with van der Waals surface area (Å²) in [5.41, 5.74) is 1.24. The van der Waals surface area contributed by atoms with Gasteiger partial charge in [-0.15, -0.1) is 11.3 Å². The van der Waals surface area contributed by atoms with Gasteiger partial charge in [0.15, 0.2) is 0 Å². The van der Waals surface area contributed by atoms with E-state index in [1.165, 1.54) is 18.4 Å². The lowest BCUT2D eigenvalue weighted by Crippen LogP contribution is -2.30. The normalized spacial score (nSPS) is 10.5. The van der Waals surface area contributed by atoms with Crippen LogP contribution in [0.2, 0.25) is 0 Å². The minimum atomic E-state index is -0.486. The summed E-state index contributed by atoms with van der Waals surface area (Å²) in [7, 11) is 3.08. The first-order chi connectivity index (χ1) is 12.0. The lowest BCUT2D eigenvalue weighted by atomic mass is 10.1. The molecule has 0 radical (unpaired) electrons. The molecule has 5 nitrogen and oxygen atoms in total. The minimum Gasteiger partial charge on any atom is -0.497 e. The number of hydrogen-bond acceptors (Lipinski definition) is 5. The Kier molecular flexibility index (Phi) is 4.72. The second-order valence-corrected chi connectivity index (χ2v) is 6.59. The number of methoxy groups -OCH3 is 2. The van der Waals surface area contributed by atoms with Gasteiger partial charge in [0.25, 0.3) is 11.8 Å². The molecule has 0 bridgehead atoms. The Balaban J connectivity index is 1.84. The molecule has 0 aliphatic carbocycles. The molecular weight excluding hydrogens is 338 g/mol. The van der Waals surface area contributed by atoms with Gasteiger partial charge in [-0.3, -0.25) is 14.9 Å². The molecule has 1 N–H and O–H groups in total. The third kappa shape index (κ3) is 3.49. The van der Waals surface area contributed by atoms with Gasteiger partial charge in [-0.25, -0.2) is 0 Å². The number of ether oxygens (including phenoxy) is 2. The van der Waals surface area contributed by atoms with E-state index in [0.29, 0.717) is 16.2 Å². The quantitative estimate of drug-likeness (QED) is 0.723. The minimum absolute atomic E-state index is 0.332. The highest BCUT2D eigenvalue weighted by atomic mass is 32.1. The van der Waals surface area contributed by atoms with Gasteiger partial charge < -0.3 is 9.47 Å². The van der Waals surface area contributed by atoms with Crippen LogP contribution in [0.1, 0.15) is 25.6 Å². The fourth-order valence-electron chi connectivity index (χ4n) is 2.49. The molecule has 0 atom stereocenters. The molecule has 2 aromatic carbocycles. The van der Waals surface area contributed by atoms with Crippen LogP contribution in [0.3, 0.4) is 0 Å². The Morgan fingerprint density at radius 2 is 1.76 bits per heavy atom. The molecule has 128 valence electrons. The first-order valence-corrected chi connectivity index (χ1v) is 8.41. The van der Waals surface area contributed by atoms with E-state index in [0.717, 1.165) is 21.4 Å². The number of thiophene rings is 1. The molecule has 0 fully saturated rings. The third-order valence-electron chi connectivity index (χ3n) is 3.77. The number of carbonyl (C=O) groups excluding carboxylic acids is 2. The Labute approximate surface area is 149 Å². The number of benzene rings is 2. The smallest absolute Gasteiger partial charge is 0.268 e. The van der Waals surface area contributed by atoms with Crippen LogP contribution in [0, 0.1) is 6.92 Å². The van der Waals surface area contributed by atoms with Crippen molar-refractivity contribution in [2.45, 2.75) is 6.92 Å². The lowest BCUT2D eigenvalue weighted by molar-refractivity contribution is 0.0850. The second-order valence-electron chi connectivity index (χ2n) is 5.50. The predicted octanol–water partition coefficient (Wildman–Crippen LogP) is 3.80. The Morgan fingerprint density at radius 1 is 0.960 bits per heavy atom. The van der Waals surface area contributed by atoms with E-state index < -0.39 is 11.8 Å². The highest BCUT2D eigenvalue weighted by Gasteiger charge is 2.18. The third-order valence-corrected chi connectivity index (χ3v) is 4.89. The van der Waals surface area contributed by atoms with Crippen molar-refractivity contribution in [3.8, 4) is 11.5 Å². The summed E-state index contributed by atoms with van der Waals surface area (Å²) in [4.78, 5) is 25.4. The molecular formula is C19H17NO4S. The highest BCUT2D eigenvalue weighted by Crippen LogP contribution is 2.29. The number of nitrogens with one attached hydrogen (secondary N) is 1. The zero-order chi connectivity index (χ0) is 18.0. The summed E-state index contributed by atoms with van der Waals surface area (Å²) < 4.78 is 11.3. The van der Waals surface area contributed by atoms with E-state index in [4.69, 9.17) is 9.47 Å². The van der Waals surface area contributed by atoms with E-state index in [2.05, 4.69) is 5.32 Å². The van der Waals surface area contributed by atoms with Gasteiger partial charge in [-0.1, -0.05) is 11.6 Å². The number of hydrogen-bond donors (Lipinski definition) is 1. The number of rotatable bonds is 4. The van der Waals surface area contributed by atoms with E-state index >= 15 is 0 Å². The maximum Gasteiger partial charge on any atom is 0.268 e. The predicted molar refractivity (Wildman–Crippen MR) is 97.9 cm³/mol. The van der Waals surface area contributed by atoms with Crippen molar-refractivity contribution in [2.24, 2.45) is 0 Å². The zero-order valence-corrected chi connectivity index (χ0v) is 14.9. The Hall–Kier alpha value is -2.86. The summed E-state index contributed by atoms with van der Waals surface area (Å²) >= 11 is 1.32. The zero-order valence-electron chi connectivity index (χ0n) is 14.1. The van der Waals surface area contributed by atoms with Gasteiger partial charge >= 0.3 is 0 Å². The number of imide groups is 1. The lowest BCUT2D eigenvalue weighted by Gasteiger charge is -2.09. The summed E-state index contributed by atoms with van der Waals surface area (Å²) in [6.45, 7) is 1.87. The van der Waals surface area contributed by atoms with Crippen LogP contribution in [0.4, 0.5) is 0 Å². The molecule has 0 saturated heterocycles. The van der Waals surface area contributed by atoms with Crippen molar-refractivity contribution >= 4 is 33.2 Å².